The molecule has 4 heteroatoms. The van der Waals surface area contributed by atoms with Gasteiger partial charge in [-0.1, -0.05) is 13.0 Å². The maximum atomic E-state index is 13.5. The van der Waals surface area contributed by atoms with Gasteiger partial charge in [0.05, 0.1) is 0 Å². The SMILES string of the molecule is CCC(=O)C(CCC=O)c1c(F)cccc1F. The van der Waals surface area contributed by atoms with Gasteiger partial charge in [-0.15, -0.1) is 0 Å². The molecule has 17 heavy (non-hydrogen) atoms. The van der Waals surface area contributed by atoms with Crippen molar-refractivity contribution in [2.24, 2.45) is 0 Å². The minimum absolute atomic E-state index is 0.115. The Balaban J connectivity index is 3.11. The van der Waals surface area contributed by atoms with Crippen LogP contribution in [0.1, 0.15) is 37.7 Å². The molecule has 0 aromatic heterocycles. The highest BCUT2D eigenvalue weighted by molar-refractivity contribution is 5.85. The number of ketones is 1. The quantitative estimate of drug-likeness (QED) is 0.716. The summed E-state index contributed by atoms with van der Waals surface area (Å²) in [6.45, 7) is 1.63. The molecule has 0 fully saturated rings. The predicted molar refractivity (Wildman–Crippen MR) is 59.7 cm³/mol. The van der Waals surface area contributed by atoms with Gasteiger partial charge in [-0.05, 0) is 18.6 Å². The third-order valence-corrected chi connectivity index (χ3v) is 2.66. The maximum Gasteiger partial charge on any atom is 0.140 e. The van der Waals surface area contributed by atoms with Crippen molar-refractivity contribution >= 4 is 12.1 Å². The van der Waals surface area contributed by atoms with Gasteiger partial charge in [0, 0.05) is 24.3 Å². The highest BCUT2D eigenvalue weighted by Gasteiger charge is 2.25. The third kappa shape index (κ3) is 3.19. The lowest BCUT2D eigenvalue weighted by atomic mass is 9.88. The largest absolute Gasteiger partial charge is 0.303 e. The van der Waals surface area contributed by atoms with Gasteiger partial charge in [-0.3, -0.25) is 4.79 Å². The first-order valence-electron chi connectivity index (χ1n) is 5.52. The zero-order chi connectivity index (χ0) is 12.8. The Kier molecular flexibility index (Phi) is 4.94. The normalized spacial score (nSPS) is 12.2. The average Bonchev–Trinajstić information content (AvgIpc) is 2.32. The van der Waals surface area contributed by atoms with Crippen molar-refractivity contribution in [1.82, 2.24) is 0 Å². The molecule has 2 nitrogen and oxygen atoms in total. The summed E-state index contributed by atoms with van der Waals surface area (Å²) in [7, 11) is 0. The summed E-state index contributed by atoms with van der Waals surface area (Å²) in [5.41, 5.74) is -0.221. The van der Waals surface area contributed by atoms with E-state index in [4.69, 9.17) is 0 Å². The molecule has 0 heterocycles. The Hall–Kier alpha value is -1.58. The lowest BCUT2D eigenvalue weighted by Gasteiger charge is -2.15. The molecule has 1 rings (SSSR count). The van der Waals surface area contributed by atoms with Crippen LogP contribution in [0.25, 0.3) is 0 Å². The molecule has 0 amide bonds. The second-order valence-corrected chi connectivity index (χ2v) is 3.75. The molecule has 0 saturated heterocycles. The van der Waals surface area contributed by atoms with Gasteiger partial charge < -0.3 is 4.79 Å². The Morgan fingerprint density at radius 2 is 1.94 bits per heavy atom. The first-order valence-corrected chi connectivity index (χ1v) is 5.52. The minimum atomic E-state index is -0.869. The lowest BCUT2D eigenvalue weighted by Crippen LogP contribution is -2.15. The first kappa shape index (κ1) is 13.5. The number of Topliss-reactive ketones (excluding diaryl/α,β-unsaturated/α-hetero) is 1. The monoisotopic (exact) mass is 240 g/mol. The molecule has 1 unspecified atom stereocenters. The third-order valence-electron chi connectivity index (χ3n) is 2.66. The van der Waals surface area contributed by atoms with E-state index in [-0.39, 0.29) is 30.6 Å². The topological polar surface area (TPSA) is 34.1 Å². The van der Waals surface area contributed by atoms with E-state index in [1.807, 2.05) is 0 Å². The summed E-state index contributed by atoms with van der Waals surface area (Å²) in [6.07, 6.45) is 1.10. The summed E-state index contributed by atoms with van der Waals surface area (Å²) < 4.78 is 27.1. The van der Waals surface area contributed by atoms with Crippen molar-refractivity contribution in [3.63, 3.8) is 0 Å². The molecule has 0 radical (unpaired) electrons. The predicted octanol–water partition coefficient (Wildman–Crippen LogP) is 3.01. The Morgan fingerprint density at radius 1 is 1.35 bits per heavy atom. The first-order chi connectivity index (χ1) is 8.11. The molecule has 0 N–H and O–H groups in total. The van der Waals surface area contributed by atoms with Gasteiger partial charge in [0.25, 0.3) is 0 Å². The fourth-order valence-corrected chi connectivity index (χ4v) is 1.79. The smallest absolute Gasteiger partial charge is 0.140 e. The minimum Gasteiger partial charge on any atom is -0.303 e. The molecule has 0 spiro atoms. The van der Waals surface area contributed by atoms with Crippen LogP contribution in [0.2, 0.25) is 0 Å². The molecule has 1 atom stereocenters. The number of rotatable bonds is 6. The molecule has 0 saturated carbocycles. The van der Waals surface area contributed by atoms with E-state index in [0.29, 0.717) is 6.29 Å². The highest BCUT2D eigenvalue weighted by Crippen LogP contribution is 2.28. The van der Waals surface area contributed by atoms with E-state index in [1.165, 1.54) is 6.07 Å². The van der Waals surface area contributed by atoms with Crippen LogP contribution < -0.4 is 0 Å². The number of hydrogen-bond donors (Lipinski definition) is 0. The van der Waals surface area contributed by atoms with Gasteiger partial charge in [0.1, 0.15) is 23.7 Å². The summed E-state index contributed by atoms with van der Waals surface area (Å²) in [6, 6.07) is 3.49. The van der Waals surface area contributed by atoms with E-state index >= 15 is 0 Å². The molecule has 0 aliphatic carbocycles. The molecule has 0 aliphatic rings. The number of carbonyl (C=O) groups excluding carboxylic acids is 2. The molecule has 0 bridgehead atoms. The van der Waals surface area contributed by atoms with Crippen LogP contribution >= 0.6 is 0 Å². The zero-order valence-electron chi connectivity index (χ0n) is 9.58. The van der Waals surface area contributed by atoms with Crippen molar-refractivity contribution in [2.45, 2.75) is 32.1 Å². The number of hydrogen-bond acceptors (Lipinski definition) is 2. The number of carbonyl (C=O) groups is 2. The van der Waals surface area contributed by atoms with Crippen LogP contribution in [-0.2, 0) is 9.59 Å². The Morgan fingerprint density at radius 3 is 2.41 bits per heavy atom. The van der Waals surface area contributed by atoms with E-state index in [9.17, 15) is 18.4 Å². The standard InChI is InChI=1S/C13H14F2O2/c1-2-12(17)9(5-4-8-16)13-10(14)6-3-7-11(13)15/h3,6-9H,2,4-5H2,1H3. The zero-order valence-corrected chi connectivity index (χ0v) is 9.58. The van der Waals surface area contributed by atoms with Crippen LogP contribution in [0, 0.1) is 11.6 Å². The van der Waals surface area contributed by atoms with Gasteiger partial charge in [0.15, 0.2) is 0 Å². The second-order valence-electron chi connectivity index (χ2n) is 3.75. The molecule has 0 aliphatic heterocycles. The van der Waals surface area contributed by atoms with Crippen molar-refractivity contribution in [3.8, 4) is 0 Å². The second kappa shape index (κ2) is 6.23. The van der Waals surface area contributed by atoms with Gasteiger partial charge in [-0.25, -0.2) is 8.78 Å². The fraction of sp³-hybridized carbons (Fsp3) is 0.385. The van der Waals surface area contributed by atoms with Crippen molar-refractivity contribution < 1.29 is 18.4 Å². The van der Waals surface area contributed by atoms with Crippen molar-refractivity contribution in [1.29, 1.82) is 0 Å². The molecule has 92 valence electrons. The highest BCUT2D eigenvalue weighted by atomic mass is 19.1. The van der Waals surface area contributed by atoms with Gasteiger partial charge >= 0.3 is 0 Å². The summed E-state index contributed by atoms with van der Waals surface area (Å²) in [5.74, 6) is -2.59. The molecule has 1 aromatic rings. The summed E-state index contributed by atoms with van der Waals surface area (Å²) >= 11 is 0. The summed E-state index contributed by atoms with van der Waals surface area (Å²) in [5, 5.41) is 0. The average molecular weight is 240 g/mol. The van der Waals surface area contributed by atoms with Crippen LogP contribution in [0.5, 0.6) is 0 Å². The van der Waals surface area contributed by atoms with Crippen LogP contribution in [-0.4, -0.2) is 12.1 Å². The maximum absolute atomic E-state index is 13.5. The van der Waals surface area contributed by atoms with E-state index in [0.717, 1.165) is 12.1 Å². The van der Waals surface area contributed by atoms with E-state index in [2.05, 4.69) is 0 Å². The van der Waals surface area contributed by atoms with Gasteiger partial charge in [-0.2, -0.15) is 0 Å². The number of aldehydes is 1. The van der Waals surface area contributed by atoms with E-state index in [1.54, 1.807) is 6.92 Å². The van der Waals surface area contributed by atoms with Crippen LogP contribution in [0.15, 0.2) is 18.2 Å². The summed E-state index contributed by atoms with van der Waals surface area (Å²) in [4.78, 5) is 22.0. The van der Waals surface area contributed by atoms with Crippen LogP contribution in [0.4, 0.5) is 8.78 Å². The number of halogens is 2. The lowest BCUT2D eigenvalue weighted by molar-refractivity contribution is -0.120. The molecular formula is C13H14F2O2. The van der Waals surface area contributed by atoms with E-state index < -0.39 is 17.6 Å². The Labute approximate surface area is 98.6 Å². The number of benzene rings is 1. The molecular weight excluding hydrogens is 226 g/mol. The Bertz CT molecular complexity index is 396. The van der Waals surface area contributed by atoms with Gasteiger partial charge in [0.2, 0.25) is 0 Å². The van der Waals surface area contributed by atoms with Crippen LogP contribution in [0.3, 0.4) is 0 Å². The fourth-order valence-electron chi connectivity index (χ4n) is 1.79. The van der Waals surface area contributed by atoms with Crippen molar-refractivity contribution in [2.75, 3.05) is 0 Å². The van der Waals surface area contributed by atoms with Crippen molar-refractivity contribution in [3.05, 3.63) is 35.4 Å². The molecule has 1 aromatic carbocycles.